The van der Waals surface area contributed by atoms with Crippen LogP contribution in [0.4, 0.5) is 0 Å². The summed E-state index contributed by atoms with van der Waals surface area (Å²) in [6, 6.07) is 0. The fourth-order valence-electron chi connectivity index (χ4n) is 0.576. The molecule has 0 nitrogen and oxygen atoms in total. The molecule has 0 amide bonds. The van der Waals surface area contributed by atoms with Gasteiger partial charge in [-0.15, -0.1) is 0 Å². The molecular weight excluding hydrogens is 179 g/mol. The zero-order chi connectivity index (χ0) is 4.41. The molecule has 1 aliphatic carbocycles. The van der Waals surface area contributed by atoms with E-state index < -0.39 is 0 Å². The molecule has 0 saturated heterocycles. The Hall–Kier alpha value is 0.799. The first-order valence-electron chi connectivity index (χ1n) is 2.67. The molecule has 0 bridgehead atoms. The van der Waals surface area contributed by atoms with Gasteiger partial charge in [0, 0.05) is 0 Å². The van der Waals surface area contributed by atoms with Gasteiger partial charge in [0.15, 0.2) is 0 Å². The summed E-state index contributed by atoms with van der Waals surface area (Å²) in [5.74, 6) is 0. The van der Waals surface area contributed by atoms with E-state index in [4.69, 9.17) is 0 Å². The molecular formula is C5H10Sn. The van der Waals surface area contributed by atoms with Gasteiger partial charge in [0.2, 0.25) is 0 Å². The third-order valence-electron chi connectivity index (χ3n) is 1.07. The summed E-state index contributed by atoms with van der Waals surface area (Å²) in [5.41, 5.74) is 0. The van der Waals surface area contributed by atoms with E-state index >= 15 is 0 Å². The minimum absolute atomic E-state index is 0.239. The van der Waals surface area contributed by atoms with Gasteiger partial charge in [-0.1, -0.05) is 0 Å². The third-order valence-corrected chi connectivity index (χ3v) is 5.53. The van der Waals surface area contributed by atoms with Gasteiger partial charge in [-0.3, -0.25) is 0 Å². The van der Waals surface area contributed by atoms with Crippen molar-refractivity contribution in [2.75, 3.05) is 0 Å². The van der Waals surface area contributed by atoms with Crippen molar-refractivity contribution in [2.24, 2.45) is 0 Å². The van der Waals surface area contributed by atoms with Crippen molar-refractivity contribution in [3.05, 3.63) is 0 Å². The standard InChI is InChI=1S/C3H5.C2H5.Sn/c1-2-3-1;1-2;/h1H,2-3H2;1H2,2H3;. The van der Waals surface area contributed by atoms with Crippen LogP contribution < -0.4 is 0 Å². The van der Waals surface area contributed by atoms with E-state index in [0.717, 1.165) is 0 Å². The monoisotopic (exact) mass is 190 g/mol. The minimum atomic E-state index is 0.239. The van der Waals surface area contributed by atoms with Gasteiger partial charge in [0.1, 0.15) is 0 Å². The van der Waals surface area contributed by atoms with Crippen molar-refractivity contribution in [2.45, 2.75) is 28.1 Å². The van der Waals surface area contributed by atoms with Crippen LogP contribution in [0.2, 0.25) is 8.37 Å². The van der Waals surface area contributed by atoms with Crippen molar-refractivity contribution in [3.63, 3.8) is 0 Å². The Kier molecular flexibility index (Phi) is 1.81. The number of hydrogen-bond donors (Lipinski definition) is 0. The van der Waals surface area contributed by atoms with E-state index in [1.54, 1.807) is 17.3 Å². The van der Waals surface area contributed by atoms with Crippen molar-refractivity contribution in [1.82, 2.24) is 0 Å². The first-order chi connectivity index (χ1) is 2.93. The number of hydrogen-bond acceptors (Lipinski definition) is 0. The van der Waals surface area contributed by atoms with Gasteiger partial charge in [-0.25, -0.2) is 0 Å². The maximum absolute atomic E-state index is 2.34. The van der Waals surface area contributed by atoms with Crippen molar-refractivity contribution in [3.8, 4) is 0 Å². The van der Waals surface area contributed by atoms with Crippen LogP contribution in [0.15, 0.2) is 0 Å². The van der Waals surface area contributed by atoms with E-state index in [1.807, 2.05) is 0 Å². The van der Waals surface area contributed by atoms with Crippen LogP contribution in [-0.2, 0) is 0 Å². The number of rotatable bonds is 2. The van der Waals surface area contributed by atoms with Crippen molar-refractivity contribution in [1.29, 1.82) is 0 Å². The fraction of sp³-hybridized carbons (Fsp3) is 1.00. The molecule has 0 aromatic rings. The van der Waals surface area contributed by atoms with Crippen molar-refractivity contribution < 1.29 is 0 Å². The van der Waals surface area contributed by atoms with Crippen LogP contribution in [0.5, 0.6) is 0 Å². The Morgan fingerprint density at radius 3 is 2.50 bits per heavy atom. The van der Waals surface area contributed by atoms with Crippen LogP contribution in [0.3, 0.4) is 0 Å². The quantitative estimate of drug-likeness (QED) is 0.580. The molecule has 1 heteroatoms. The summed E-state index contributed by atoms with van der Waals surface area (Å²) in [6.07, 6.45) is 3.19. The van der Waals surface area contributed by atoms with E-state index in [9.17, 15) is 0 Å². The van der Waals surface area contributed by atoms with Gasteiger partial charge in [-0.05, 0) is 0 Å². The van der Waals surface area contributed by atoms with Gasteiger partial charge in [0.05, 0.1) is 0 Å². The summed E-state index contributed by atoms with van der Waals surface area (Å²) in [4.78, 5) is 0. The molecule has 0 aliphatic heterocycles. The second-order valence-corrected chi connectivity index (χ2v) is 7.35. The maximum atomic E-state index is 2.34. The first kappa shape index (κ1) is 4.95. The molecule has 0 heterocycles. The summed E-state index contributed by atoms with van der Waals surface area (Å²) in [6.45, 7) is 2.34. The van der Waals surface area contributed by atoms with E-state index in [-0.39, 0.29) is 21.1 Å². The van der Waals surface area contributed by atoms with E-state index in [0.29, 0.717) is 0 Å². The normalized spacial score (nSPS) is 21.5. The molecule has 0 atom stereocenters. The predicted molar refractivity (Wildman–Crippen MR) is 29.2 cm³/mol. The average Bonchev–Trinajstić information content (AvgIpc) is 2.21. The predicted octanol–water partition coefficient (Wildman–Crippen LogP) is 1.71. The van der Waals surface area contributed by atoms with Crippen LogP contribution in [0.1, 0.15) is 19.8 Å². The average molecular weight is 189 g/mol. The Bertz CT molecular complexity index is 39.2. The van der Waals surface area contributed by atoms with Gasteiger partial charge < -0.3 is 0 Å². The summed E-state index contributed by atoms with van der Waals surface area (Å²) >= 11 is 0.239. The van der Waals surface area contributed by atoms with E-state index in [2.05, 4.69) is 6.92 Å². The van der Waals surface area contributed by atoms with Crippen LogP contribution in [0, 0.1) is 0 Å². The summed E-state index contributed by atoms with van der Waals surface area (Å²) in [5, 5.41) is 0. The Labute approximate surface area is 49.5 Å². The zero-order valence-electron chi connectivity index (χ0n) is 4.20. The first-order valence-corrected chi connectivity index (χ1v) is 6.33. The molecule has 0 N–H and O–H groups in total. The molecule has 1 rings (SSSR count). The van der Waals surface area contributed by atoms with Gasteiger partial charge in [-0.2, -0.15) is 0 Å². The molecule has 0 aromatic carbocycles. The van der Waals surface area contributed by atoms with Crippen LogP contribution >= 0.6 is 0 Å². The molecule has 1 saturated carbocycles. The molecule has 2 radical (unpaired) electrons. The molecule has 0 spiro atoms. The zero-order valence-corrected chi connectivity index (χ0v) is 7.05. The molecule has 0 aromatic heterocycles. The second kappa shape index (κ2) is 2.20. The van der Waals surface area contributed by atoms with Gasteiger partial charge >= 0.3 is 49.3 Å². The molecule has 34 valence electrons. The molecule has 1 fully saturated rings. The topological polar surface area (TPSA) is 0 Å². The second-order valence-electron chi connectivity index (χ2n) is 1.83. The molecule has 6 heavy (non-hydrogen) atoms. The fourth-order valence-corrected chi connectivity index (χ4v) is 3.86. The van der Waals surface area contributed by atoms with Crippen LogP contribution in [0.25, 0.3) is 0 Å². The Balaban J connectivity index is 1.88. The summed E-state index contributed by atoms with van der Waals surface area (Å²) in [7, 11) is 0. The molecule has 1 aliphatic rings. The summed E-state index contributed by atoms with van der Waals surface area (Å²) < 4.78 is 2.88. The molecule has 0 unspecified atom stereocenters. The Morgan fingerprint density at radius 1 is 1.67 bits per heavy atom. The van der Waals surface area contributed by atoms with Crippen molar-refractivity contribution >= 4 is 21.1 Å². The van der Waals surface area contributed by atoms with Gasteiger partial charge in [0.25, 0.3) is 0 Å². The SMILES string of the molecule is C[CH2][Sn][CH]1CC1. The third kappa shape index (κ3) is 1.50. The Morgan fingerprint density at radius 2 is 2.33 bits per heavy atom. The van der Waals surface area contributed by atoms with E-state index in [1.165, 1.54) is 3.93 Å². The van der Waals surface area contributed by atoms with Crippen LogP contribution in [-0.4, -0.2) is 21.1 Å².